The Bertz CT molecular complexity index is 235. The van der Waals surface area contributed by atoms with Gasteiger partial charge in [-0.15, -0.1) is 0 Å². The van der Waals surface area contributed by atoms with Gasteiger partial charge in [0.15, 0.2) is 0 Å². The highest BCUT2D eigenvalue weighted by Gasteiger charge is 2.24. The van der Waals surface area contributed by atoms with Gasteiger partial charge in [0.2, 0.25) is 0 Å². The monoisotopic (exact) mass is 244 g/mol. The Hall–Kier alpha value is -0.870. The zero-order valence-electron chi connectivity index (χ0n) is 11.3. The number of nitrogens with zero attached hydrogens (tertiary/aromatic N) is 1. The number of aliphatic hydroxyl groups excluding tert-OH is 1. The lowest BCUT2D eigenvalue weighted by Crippen LogP contribution is -2.50. The fraction of sp³-hybridized carbons (Fsp3) is 0.769. The molecule has 0 spiro atoms. The van der Waals surface area contributed by atoms with Gasteiger partial charge in [0, 0.05) is 6.08 Å². The van der Waals surface area contributed by atoms with Crippen LogP contribution in [0.5, 0.6) is 0 Å². The number of likely N-dealkylation sites (N-methyl/N-ethyl adjacent to an activating group) is 1. The Morgan fingerprint density at radius 3 is 2.35 bits per heavy atom. The Morgan fingerprint density at radius 1 is 1.41 bits per heavy atom. The molecule has 0 aromatic carbocycles. The first-order chi connectivity index (χ1) is 7.97. The molecule has 0 aliphatic rings. The van der Waals surface area contributed by atoms with Crippen molar-refractivity contribution in [3.8, 4) is 0 Å². The minimum Gasteiger partial charge on any atom is -0.460 e. The lowest BCUT2D eigenvalue weighted by molar-refractivity contribution is -0.912. The molecule has 0 heterocycles. The van der Waals surface area contributed by atoms with Crippen LogP contribution < -0.4 is 0 Å². The molecule has 0 aromatic heterocycles. The van der Waals surface area contributed by atoms with Crippen molar-refractivity contribution in [2.45, 2.75) is 32.8 Å². The second-order valence-electron chi connectivity index (χ2n) is 4.74. The molecule has 0 saturated carbocycles. The van der Waals surface area contributed by atoms with E-state index in [2.05, 4.69) is 27.5 Å². The highest BCUT2D eigenvalue weighted by molar-refractivity contribution is 5.81. The largest absolute Gasteiger partial charge is 0.460 e. The van der Waals surface area contributed by atoms with Crippen molar-refractivity contribution >= 4 is 5.97 Å². The van der Waals surface area contributed by atoms with Gasteiger partial charge >= 0.3 is 5.97 Å². The molecule has 0 aromatic rings. The SMILES string of the molecule is C=CC(=O)OCC(O)C[N+](C)(CCC)CCC. The number of hydrogen-bond acceptors (Lipinski definition) is 3. The Balaban J connectivity index is 4.15. The minimum atomic E-state index is -0.609. The molecule has 4 heteroatoms. The van der Waals surface area contributed by atoms with E-state index in [-0.39, 0.29) is 6.61 Å². The fourth-order valence-electron chi connectivity index (χ4n) is 2.17. The first-order valence-electron chi connectivity index (χ1n) is 6.28. The van der Waals surface area contributed by atoms with Gasteiger partial charge in [0.05, 0.1) is 20.1 Å². The van der Waals surface area contributed by atoms with Crippen molar-refractivity contribution < 1.29 is 19.1 Å². The van der Waals surface area contributed by atoms with E-state index in [9.17, 15) is 9.90 Å². The predicted octanol–water partition coefficient (Wildman–Crippen LogP) is 1.34. The zero-order valence-corrected chi connectivity index (χ0v) is 11.3. The molecule has 0 radical (unpaired) electrons. The molecule has 0 aliphatic heterocycles. The fourth-order valence-corrected chi connectivity index (χ4v) is 2.17. The van der Waals surface area contributed by atoms with Crippen LogP contribution in [0.4, 0.5) is 0 Å². The number of esters is 1. The van der Waals surface area contributed by atoms with Crippen LogP contribution in [0.1, 0.15) is 26.7 Å². The number of quaternary nitrogens is 1. The number of aliphatic hydroxyl groups is 1. The highest BCUT2D eigenvalue weighted by atomic mass is 16.5. The van der Waals surface area contributed by atoms with Crippen molar-refractivity contribution in [2.75, 3.05) is 33.3 Å². The van der Waals surface area contributed by atoms with Gasteiger partial charge in [-0.05, 0) is 12.8 Å². The number of hydrogen-bond donors (Lipinski definition) is 1. The summed E-state index contributed by atoms with van der Waals surface area (Å²) in [5.41, 5.74) is 0. The highest BCUT2D eigenvalue weighted by Crippen LogP contribution is 2.08. The van der Waals surface area contributed by atoms with Crippen molar-refractivity contribution in [2.24, 2.45) is 0 Å². The Morgan fingerprint density at radius 2 is 1.94 bits per heavy atom. The lowest BCUT2D eigenvalue weighted by Gasteiger charge is -2.35. The van der Waals surface area contributed by atoms with Crippen LogP contribution in [0.25, 0.3) is 0 Å². The summed E-state index contributed by atoms with van der Waals surface area (Å²) in [7, 11) is 2.13. The molecule has 1 atom stereocenters. The van der Waals surface area contributed by atoms with Gasteiger partial charge in [-0.3, -0.25) is 0 Å². The van der Waals surface area contributed by atoms with E-state index in [1.165, 1.54) is 0 Å². The van der Waals surface area contributed by atoms with E-state index >= 15 is 0 Å². The maximum absolute atomic E-state index is 10.9. The summed E-state index contributed by atoms with van der Waals surface area (Å²) in [6.07, 6.45) is 2.66. The second kappa shape index (κ2) is 8.25. The van der Waals surface area contributed by atoms with E-state index in [0.717, 1.165) is 36.5 Å². The van der Waals surface area contributed by atoms with E-state index in [0.29, 0.717) is 6.54 Å². The maximum Gasteiger partial charge on any atom is 0.330 e. The van der Waals surface area contributed by atoms with Gasteiger partial charge in [-0.25, -0.2) is 4.79 Å². The predicted molar refractivity (Wildman–Crippen MR) is 68.5 cm³/mol. The van der Waals surface area contributed by atoms with Crippen LogP contribution in [0, 0.1) is 0 Å². The standard InChI is InChI=1S/C13H26NO3/c1-5-8-14(4,9-6-2)10-12(15)11-17-13(16)7-3/h7,12,15H,3,5-6,8-11H2,1-2,4H3/q+1. The molecule has 1 unspecified atom stereocenters. The van der Waals surface area contributed by atoms with Crippen molar-refractivity contribution in [3.05, 3.63) is 12.7 Å². The zero-order chi connectivity index (χ0) is 13.3. The molecule has 0 bridgehead atoms. The third-order valence-electron chi connectivity index (χ3n) is 2.76. The maximum atomic E-state index is 10.9. The van der Waals surface area contributed by atoms with Gasteiger partial charge in [-0.2, -0.15) is 0 Å². The third-order valence-corrected chi connectivity index (χ3v) is 2.76. The summed E-state index contributed by atoms with van der Waals surface area (Å²) < 4.78 is 5.66. The van der Waals surface area contributed by atoms with Gasteiger partial charge in [-0.1, -0.05) is 20.4 Å². The topological polar surface area (TPSA) is 46.5 Å². The van der Waals surface area contributed by atoms with Crippen molar-refractivity contribution in [1.82, 2.24) is 0 Å². The molecule has 0 fully saturated rings. The summed E-state index contributed by atoms with van der Waals surface area (Å²) in [4.78, 5) is 10.9. The van der Waals surface area contributed by atoms with E-state index < -0.39 is 12.1 Å². The van der Waals surface area contributed by atoms with Crippen molar-refractivity contribution in [1.29, 1.82) is 0 Å². The molecule has 0 aliphatic carbocycles. The van der Waals surface area contributed by atoms with Crippen LogP contribution in [0.2, 0.25) is 0 Å². The van der Waals surface area contributed by atoms with Gasteiger partial charge in [0.25, 0.3) is 0 Å². The van der Waals surface area contributed by atoms with Crippen LogP contribution in [0.3, 0.4) is 0 Å². The second-order valence-corrected chi connectivity index (χ2v) is 4.74. The summed E-state index contributed by atoms with van der Waals surface area (Å²) in [5.74, 6) is -0.482. The summed E-state index contributed by atoms with van der Waals surface area (Å²) in [6, 6.07) is 0. The van der Waals surface area contributed by atoms with Crippen LogP contribution >= 0.6 is 0 Å². The number of rotatable bonds is 9. The Kier molecular flexibility index (Phi) is 7.83. The molecule has 0 rings (SSSR count). The Labute approximate surface area is 104 Å². The number of carbonyl (C=O) groups excluding carboxylic acids is 1. The first kappa shape index (κ1) is 16.1. The van der Waals surface area contributed by atoms with Crippen molar-refractivity contribution in [3.63, 3.8) is 0 Å². The molecule has 0 saturated heterocycles. The van der Waals surface area contributed by atoms with Crippen LogP contribution in [-0.4, -0.2) is 55.0 Å². The van der Waals surface area contributed by atoms with Gasteiger partial charge in [0.1, 0.15) is 19.3 Å². The average Bonchev–Trinajstić information content (AvgIpc) is 2.26. The molecular formula is C13H26NO3+. The summed E-state index contributed by atoms with van der Waals surface area (Å²) in [6.45, 7) is 10.3. The molecule has 4 nitrogen and oxygen atoms in total. The molecule has 1 N–H and O–H groups in total. The van der Waals surface area contributed by atoms with Crippen LogP contribution in [0.15, 0.2) is 12.7 Å². The molecule has 100 valence electrons. The van der Waals surface area contributed by atoms with E-state index in [4.69, 9.17) is 4.74 Å². The third kappa shape index (κ3) is 7.13. The number of ether oxygens (including phenoxy) is 1. The minimum absolute atomic E-state index is 0.0477. The van der Waals surface area contributed by atoms with E-state index in [1.54, 1.807) is 0 Å². The van der Waals surface area contributed by atoms with Gasteiger partial charge < -0.3 is 14.3 Å². The van der Waals surface area contributed by atoms with E-state index in [1.807, 2.05) is 0 Å². The average molecular weight is 244 g/mol. The molecule has 17 heavy (non-hydrogen) atoms. The smallest absolute Gasteiger partial charge is 0.330 e. The summed E-state index contributed by atoms with van der Waals surface area (Å²) >= 11 is 0. The normalized spacial score (nSPS) is 13.2. The lowest BCUT2D eigenvalue weighted by atomic mass is 10.2. The summed E-state index contributed by atoms with van der Waals surface area (Å²) in [5, 5.41) is 9.86. The first-order valence-corrected chi connectivity index (χ1v) is 6.28. The number of carbonyl (C=O) groups is 1. The quantitative estimate of drug-likeness (QED) is 0.378. The molecular weight excluding hydrogens is 218 g/mol. The molecule has 0 amide bonds. The van der Waals surface area contributed by atoms with Crippen LogP contribution in [-0.2, 0) is 9.53 Å².